The summed E-state index contributed by atoms with van der Waals surface area (Å²) in [6.07, 6.45) is 3.01. The van der Waals surface area contributed by atoms with Crippen LogP contribution in [-0.4, -0.2) is 12.0 Å². The fraction of sp³-hybridized carbons (Fsp3) is 0.188. The van der Waals surface area contributed by atoms with Crippen molar-refractivity contribution in [3.8, 4) is 11.1 Å². The average Bonchev–Trinajstić information content (AvgIpc) is 2.45. The Labute approximate surface area is 113 Å². The smallest absolute Gasteiger partial charge is 0.150 e. The van der Waals surface area contributed by atoms with E-state index in [9.17, 15) is 4.79 Å². The first-order chi connectivity index (χ1) is 8.83. The topological polar surface area (TPSA) is 17.1 Å². The summed E-state index contributed by atoms with van der Waals surface area (Å²) in [7, 11) is 0. The van der Waals surface area contributed by atoms with Crippen molar-refractivity contribution in [2.75, 3.05) is 5.75 Å². The number of hydrogen-bond donors (Lipinski definition) is 1. The average molecular weight is 256 g/mol. The Morgan fingerprint density at radius 2 is 1.72 bits per heavy atom. The van der Waals surface area contributed by atoms with Gasteiger partial charge in [0.05, 0.1) is 0 Å². The van der Waals surface area contributed by atoms with Gasteiger partial charge in [-0.3, -0.25) is 4.79 Å². The summed E-state index contributed by atoms with van der Waals surface area (Å²) in [4.78, 5) is 10.8. The summed E-state index contributed by atoms with van der Waals surface area (Å²) in [5.74, 6) is 0.908. The lowest BCUT2D eigenvalue weighted by molar-refractivity contribution is 0.112. The van der Waals surface area contributed by atoms with Crippen LogP contribution in [0.3, 0.4) is 0 Å². The Balaban J connectivity index is 2.29. The van der Waals surface area contributed by atoms with Crippen molar-refractivity contribution in [1.82, 2.24) is 0 Å². The number of thiol groups is 1. The molecule has 0 radical (unpaired) electrons. The predicted molar refractivity (Wildman–Crippen MR) is 79.4 cm³/mol. The van der Waals surface area contributed by atoms with Gasteiger partial charge in [-0.25, -0.2) is 0 Å². The predicted octanol–water partition coefficient (Wildman–Crippen LogP) is 4.03. The van der Waals surface area contributed by atoms with E-state index < -0.39 is 0 Å². The lowest BCUT2D eigenvalue weighted by Crippen LogP contribution is -1.88. The van der Waals surface area contributed by atoms with Gasteiger partial charge in [0.15, 0.2) is 0 Å². The molecule has 0 fully saturated rings. The Hall–Kier alpha value is -1.54. The van der Waals surface area contributed by atoms with Crippen molar-refractivity contribution in [2.24, 2.45) is 0 Å². The molecule has 0 amide bonds. The van der Waals surface area contributed by atoms with E-state index >= 15 is 0 Å². The zero-order valence-electron chi connectivity index (χ0n) is 10.2. The van der Waals surface area contributed by atoms with Gasteiger partial charge >= 0.3 is 0 Å². The fourth-order valence-corrected chi connectivity index (χ4v) is 2.14. The van der Waals surface area contributed by atoms with Crippen LogP contribution in [0, 0.1) is 0 Å². The molecule has 2 aromatic carbocycles. The number of aldehydes is 1. The maximum Gasteiger partial charge on any atom is 0.150 e. The molecular weight excluding hydrogens is 240 g/mol. The maximum atomic E-state index is 10.8. The van der Waals surface area contributed by atoms with Crippen molar-refractivity contribution < 1.29 is 4.79 Å². The van der Waals surface area contributed by atoms with Gasteiger partial charge in [0, 0.05) is 5.56 Å². The highest BCUT2D eigenvalue weighted by molar-refractivity contribution is 7.80. The van der Waals surface area contributed by atoms with Gasteiger partial charge in [0.1, 0.15) is 6.29 Å². The summed E-state index contributed by atoms with van der Waals surface area (Å²) in [5.41, 5.74) is 4.29. The van der Waals surface area contributed by atoms with E-state index in [1.807, 2.05) is 24.3 Å². The zero-order valence-corrected chi connectivity index (χ0v) is 11.1. The molecule has 0 unspecified atom stereocenters. The molecule has 0 spiro atoms. The van der Waals surface area contributed by atoms with E-state index in [2.05, 4.69) is 36.9 Å². The van der Waals surface area contributed by atoms with Gasteiger partial charge in [0.25, 0.3) is 0 Å². The quantitative estimate of drug-likeness (QED) is 0.631. The Kier molecular flexibility index (Phi) is 4.59. The standard InChI is InChI=1S/C16H16OS/c17-12-14-5-2-8-16(11-14)15-7-1-4-13(10-15)6-3-9-18/h1-2,4-5,7-8,10-12,18H,3,6,9H2. The lowest BCUT2D eigenvalue weighted by atomic mass is 10.00. The van der Waals surface area contributed by atoms with Crippen LogP contribution in [0.15, 0.2) is 48.5 Å². The Morgan fingerprint density at radius 3 is 2.44 bits per heavy atom. The third kappa shape index (κ3) is 3.23. The summed E-state index contributed by atoms with van der Waals surface area (Å²) in [6, 6.07) is 16.2. The SMILES string of the molecule is O=Cc1cccc(-c2cccc(CCCS)c2)c1. The van der Waals surface area contributed by atoms with Crippen molar-refractivity contribution in [1.29, 1.82) is 0 Å². The third-order valence-corrected chi connectivity index (χ3v) is 3.22. The Bertz CT molecular complexity index is 534. The van der Waals surface area contributed by atoms with Crippen LogP contribution in [0.5, 0.6) is 0 Å². The van der Waals surface area contributed by atoms with Crippen LogP contribution < -0.4 is 0 Å². The minimum absolute atomic E-state index is 0.716. The maximum absolute atomic E-state index is 10.8. The number of benzene rings is 2. The van der Waals surface area contributed by atoms with Gasteiger partial charge in [-0.1, -0.05) is 42.5 Å². The monoisotopic (exact) mass is 256 g/mol. The first kappa shape index (κ1) is 12.9. The molecular formula is C16H16OS. The van der Waals surface area contributed by atoms with E-state index in [0.29, 0.717) is 5.56 Å². The summed E-state index contributed by atoms with van der Waals surface area (Å²) >= 11 is 4.23. The van der Waals surface area contributed by atoms with Crippen LogP contribution in [0.2, 0.25) is 0 Å². The molecule has 0 aliphatic rings. The highest BCUT2D eigenvalue weighted by Crippen LogP contribution is 2.21. The molecule has 0 heterocycles. The van der Waals surface area contributed by atoms with Gasteiger partial charge in [-0.2, -0.15) is 12.6 Å². The molecule has 92 valence electrons. The molecule has 2 aromatic rings. The second-order valence-corrected chi connectivity index (χ2v) is 4.72. The lowest BCUT2D eigenvalue weighted by Gasteiger charge is -2.05. The molecule has 18 heavy (non-hydrogen) atoms. The number of hydrogen-bond acceptors (Lipinski definition) is 2. The number of aryl methyl sites for hydroxylation is 1. The molecule has 0 aromatic heterocycles. The van der Waals surface area contributed by atoms with E-state index in [1.54, 1.807) is 0 Å². The number of rotatable bonds is 5. The molecule has 0 N–H and O–H groups in total. The van der Waals surface area contributed by atoms with Crippen LogP contribution in [0.25, 0.3) is 11.1 Å². The molecule has 0 atom stereocenters. The first-order valence-electron chi connectivity index (χ1n) is 6.09. The molecule has 0 saturated carbocycles. The van der Waals surface area contributed by atoms with Crippen LogP contribution in [-0.2, 0) is 6.42 Å². The molecule has 0 saturated heterocycles. The van der Waals surface area contributed by atoms with Crippen molar-refractivity contribution in [3.05, 3.63) is 59.7 Å². The highest BCUT2D eigenvalue weighted by Gasteiger charge is 2.00. The fourth-order valence-electron chi connectivity index (χ4n) is 1.98. The van der Waals surface area contributed by atoms with Crippen molar-refractivity contribution >= 4 is 18.9 Å². The number of carbonyl (C=O) groups is 1. The molecule has 0 aliphatic carbocycles. The van der Waals surface area contributed by atoms with Crippen molar-refractivity contribution in [3.63, 3.8) is 0 Å². The van der Waals surface area contributed by atoms with Gasteiger partial charge in [-0.05, 0) is 41.4 Å². The van der Waals surface area contributed by atoms with E-state index in [0.717, 1.165) is 36.0 Å². The first-order valence-corrected chi connectivity index (χ1v) is 6.72. The molecule has 2 rings (SSSR count). The van der Waals surface area contributed by atoms with Crippen molar-refractivity contribution in [2.45, 2.75) is 12.8 Å². The molecule has 1 nitrogen and oxygen atoms in total. The minimum Gasteiger partial charge on any atom is -0.298 e. The van der Waals surface area contributed by atoms with Gasteiger partial charge < -0.3 is 0 Å². The number of carbonyl (C=O) groups excluding carboxylic acids is 1. The van der Waals surface area contributed by atoms with Gasteiger partial charge in [0.2, 0.25) is 0 Å². The van der Waals surface area contributed by atoms with E-state index in [-0.39, 0.29) is 0 Å². The van der Waals surface area contributed by atoms with Crippen LogP contribution in [0.1, 0.15) is 22.3 Å². The molecule has 2 heteroatoms. The summed E-state index contributed by atoms with van der Waals surface area (Å²) < 4.78 is 0. The van der Waals surface area contributed by atoms with Gasteiger partial charge in [-0.15, -0.1) is 0 Å². The van der Waals surface area contributed by atoms with E-state index in [1.165, 1.54) is 5.56 Å². The third-order valence-electron chi connectivity index (χ3n) is 2.91. The molecule has 0 bridgehead atoms. The Morgan fingerprint density at radius 1 is 1.00 bits per heavy atom. The summed E-state index contributed by atoms with van der Waals surface area (Å²) in [6.45, 7) is 0. The second-order valence-electron chi connectivity index (χ2n) is 4.27. The van der Waals surface area contributed by atoms with E-state index in [4.69, 9.17) is 0 Å². The van der Waals surface area contributed by atoms with Crippen LogP contribution >= 0.6 is 12.6 Å². The second kappa shape index (κ2) is 6.41. The minimum atomic E-state index is 0.716. The zero-order chi connectivity index (χ0) is 12.8. The van der Waals surface area contributed by atoms with Crippen LogP contribution in [0.4, 0.5) is 0 Å². The normalized spacial score (nSPS) is 10.3. The largest absolute Gasteiger partial charge is 0.298 e. The summed E-state index contributed by atoms with van der Waals surface area (Å²) in [5, 5.41) is 0. The molecule has 0 aliphatic heterocycles. The highest BCUT2D eigenvalue weighted by atomic mass is 32.1.